The highest BCUT2D eigenvalue weighted by atomic mass is 16.4. The highest BCUT2D eigenvalue weighted by Gasteiger charge is 2.30. The number of nitrogens with zero attached hydrogens (tertiary/aromatic N) is 4. The predicted molar refractivity (Wildman–Crippen MR) is 77.8 cm³/mol. The maximum Gasteiger partial charge on any atom is 0.303 e. The molecule has 0 aliphatic heterocycles. The lowest BCUT2D eigenvalue weighted by Crippen LogP contribution is -2.26. The summed E-state index contributed by atoms with van der Waals surface area (Å²) in [7, 11) is 0. The van der Waals surface area contributed by atoms with Gasteiger partial charge < -0.3 is 5.11 Å². The topological polar surface area (TPSA) is 80.9 Å². The normalized spacial score (nSPS) is 13.1. The van der Waals surface area contributed by atoms with Crippen LogP contribution in [0.4, 0.5) is 0 Å². The lowest BCUT2D eigenvalue weighted by atomic mass is 9.83. The van der Waals surface area contributed by atoms with Crippen LogP contribution < -0.4 is 0 Å². The number of tetrazole rings is 1. The first-order valence-electron chi connectivity index (χ1n) is 6.95. The monoisotopic (exact) mass is 288 g/mol. The molecule has 1 aromatic heterocycles. The Labute approximate surface area is 123 Å². The Morgan fingerprint density at radius 3 is 2.62 bits per heavy atom. The summed E-state index contributed by atoms with van der Waals surface area (Å²) in [4.78, 5) is 10.8. The van der Waals surface area contributed by atoms with E-state index in [2.05, 4.69) is 29.4 Å². The van der Waals surface area contributed by atoms with E-state index >= 15 is 0 Å². The first-order valence-corrected chi connectivity index (χ1v) is 6.95. The minimum Gasteiger partial charge on any atom is -0.481 e. The van der Waals surface area contributed by atoms with Crippen molar-refractivity contribution in [1.82, 2.24) is 20.2 Å². The number of aromatic nitrogens is 4. The molecule has 0 radical (unpaired) electrons. The zero-order chi connectivity index (χ0) is 15.5. The van der Waals surface area contributed by atoms with Gasteiger partial charge in [-0.15, -0.1) is 5.10 Å². The molecule has 0 saturated heterocycles. The summed E-state index contributed by atoms with van der Waals surface area (Å²) in [6.07, 6.45) is 0.102. The minimum absolute atomic E-state index is 0.0312. The van der Waals surface area contributed by atoms with Gasteiger partial charge in [0.1, 0.15) is 0 Å². The van der Waals surface area contributed by atoms with Crippen LogP contribution in [0.15, 0.2) is 30.3 Å². The zero-order valence-electron chi connectivity index (χ0n) is 12.5. The number of carbonyl (C=O) groups is 1. The molecule has 2 aromatic rings. The van der Waals surface area contributed by atoms with Crippen LogP contribution in [-0.4, -0.2) is 31.3 Å². The number of hydrogen-bond donors (Lipinski definition) is 1. The zero-order valence-corrected chi connectivity index (χ0v) is 12.5. The molecule has 1 unspecified atom stereocenters. The number of carboxylic acid groups (broad SMARTS) is 1. The van der Waals surface area contributed by atoms with Gasteiger partial charge in [-0.05, 0) is 35.8 Å². The molecule has 0 amide bonds. The molecule has 1 atom stereocenters. The molecular weight excluding hydrogens is 268 g/mol. The Hall–Kier alpha value is -2.24. The van der Waals surface area contributed by atoms with Crippen molar-refractivity contribution in [1.29, 1.82) is 0 Å². The molecule has 1 heterocycles. The van der Waals surface area contributed by atoms with Crippen LogP contribution in [0.5, 0.6) is 0 Å². The molecule has 21 heavy (non-hydrogen) atoms. The van der Waals surface area contributed by atoms with Crippen LogP contribution in [0.1, 0.15) is 38.6 Å². The van der Waals surface area contributed by atoms with E-state index in [4.69, 9.17) is 5.11 Å². The summed E-state index contributed by atoms with van der Waals surface area (Å²) < 4.78 is 1.71. The molecule has 6 nitrogen and oxygen atoms in total. The molecule has 0 aliphatic carbocycles. The standard InChI is InChI=1S/C15H20N4O2/c1-11(9-13(20)21)10-19-14(16-17-18-19)15(2,3)12-7-5-4-6-8-12/h4-8,11H,9-10H2,1-3H3,(H,20,21). The molecule has 0 aliphatic rings. The highest BCUT2D eigenvalue weighted by molar-refractivity contribution is 5.66. The quantitative estimate of drug-likeness (QED) is 0.880. The molecule has 0 spiro atoms. The van der Waals surface area contributed by atoms with Gasteiger partial charge in [0.25, 0.3) is 0 Å². The molecule has 2 rings (SSSR count). The van der Waals surface area contributed by atoms with E-state index in [0.29, 0.717) is 6.54 Å². The van der Waals surface area contributed by atoms with Crippen molar-refractivity contribution in [2.45, 2.75) is 39.2 Å². The third kappa shape index (κ3) is 3.45. The Morgan fingerprint density at radius 1 is 1.33 bits per heavy atom. The van der Waals surface area contributed by atoms with Gasteiger partial charge in [-0.1, -0.05) is 37.3 Å². The maximum atomic E-state index is 10.8. The van der Waals surface area contributed by atoms with E-state index in [1.165, 1.54) is 0 Å². The van der Waals surface area contributed by atoms with Gasteiger partial charge in [0.05, 0.1) is 5.41 Å². The van der Waals surface area contributed by atoms with Crippen molar-refractivity contribution < 1.29 is 9.90 Å². The van der Waals surface area contributed by atoms with Crippen LogP contribution in [-0.2, 0) is 16.8 Å². The van der Waals surface area contributed by atoms with E-state index in [1.807, 2.05) is 37.3 Å². The molecular formula is C15H20N4O2. The SMILES string of the molecule is CC(CC(=O)O)Cn1nnnc1C(C)(C)c1ccccc1. The smallest absolute Gasteiger partial charge is 0.303 e. The number of benzene rings is 1. The number of rotatable bonds is 6. The first-order chi connectivity index (χ1) is 9.91. The summed E-state index contributed by atoms with van der Waals surface area (Å²) in [5, 5.41) is 20.8. The second-order valence-electron chi connectivity index (χ2n) is 5.88. The van der Waals surface area contributed by atoms with Crippen molar-refractivity contribution in [2.75, 3.05) is 0 Å². The van der Waals surface area contributed by atoms with Gasteiger partial charge in [-0.3, -0.25) is 4.79 Å². The Kier molecular flexibility index (Phi) is 4.35. The summed E-state index contributed by atoms with van der Waals surface area (Å²) >= 11 is 0. The predicted octanol–water partition coefficient (Wildman–Crippen LogP) is 2.11. The van der Waals surface area contributed by atoms with Crippen molar-refractivity contribution in [3.8, 4) is 0 Å². The maximum absolute atomic E-state index is 10.8. The molecule has 1 aromatic carbocycles. The molecule has 112 valence electrons. The highest BCUT2D eigenvalue weighted by Crippen LogP contribution is 2.29. The van der Waals surface area contributed by atoms with Gasteiger partial charge in [0.2, 0.25) is 0 Å². The van der Waals surface area contributed by atoms with Crippen LogP contribution in [0.25, 0.3) is 0 Å². The van der Waals surface area contributed by atoms with Gasteiger partial charge in [-0.25, -0.2) is 4.68 Å². The van der Waals surface area contributed by atoms with Crippen LogP contribution in [0, 0.1) is 5.92 Å². The van der Waals surface area contributed by atoms with E-state index in [9.17, 15) is 4.79 Å². The minimum atomic E-state index is -0.806. The summed E-state index contributed by atoms with van der Waals surface area (Å²) in [5.74, 6) is -0.0956. The average Bonchev–Trinajstić information content (AvgIpc) is 2.87. The number of hydrogen-bond acceptors (Lipinski definition) is 4. The van der Waals surface area contributed by atoms with Crippen LogP contribution in [0.2, 0.25) is 0 Å². The fourth-order valence-corrected chi connectivity index (χ4v) is 2.42. The fraction of sp³-hybridized carbons (Fsp3) is 0.467. The Morgan fingerprint density at radius 2 is 2.00 bits per heavy atom. The Bertz CT molecular complexity index is 607. The lowest BCUT2D eigenvalue weighted by molar-refractivity contribution is -0.138. The van der Waals surface area contributed by atoms with Gasteiger partial charge in [0, 0.05) is 13.0 Å². The average molecular weight is 288 g/mol. The van der Waals surface area contributed by atoms with E-state index in [1.54, 1.807) is 4.68 Å². The van der Waals surface area contributed by atoms with Crippen molar-refractivity contribution in [3.05, 3.63) is 41.7 Å². The van der Waals surface area contributed by atoms with Gasteiger partial charge >= 0.3 is 5.97 Å². The first kappa shape index (κ1) is 15.2. The largest absolute Gasteiger partial charge is 0.481 e. The van der Waals surface area contributed by atoms with Crippen LogP contribution >= 0.6 is 0 Å². The third-order valence-corrected chi connectivity index (χ3v) is 3.59. The van der Waals surface area contributed by atoms with E-state index < -0.39 is 5.97 Å². The van der Waals surface area contributed by atoms with Crippen LogP contribution in [0.3, 0.4) is 0 Å². The van der Waals surface area contributed by atoms with Crippen molar-refractivity contribution >= 4 is 5.97 Å². The molecule has 0 saturated carbocycles. The summed E-state index contributed by atoms with van der Waals surface area (Å²) in [5.41, 5.74) is 0.778. The fourth-order valence-electron chi connectivity index (χ4n) is 2.42. The number of aliphatic carboxylic acids is 1. The molecule has 0 fully saturated rings. The second-order valence-corrected chi connectivity index (χ2v) is 5.88. The van der Waals surface area contributed by atoms with E-state index in [-0.39, 0.29) is 17.8 Å². The van der Waals surface area contributed by atoms with Crippen molar-refractivity contribution in [2.24, 2.45) is 5.92 Å². The summed E-state index contributed by atoms with van der Waals surface area (Å²) in [6, 6.07) is 10.0. The Balaban J connectivity index is 2.25. The summed E-state index contributed by atoms with van der Waals surface area (Å²) in [6.45, 7) is 6.50. The molecule has 0 bridgehead atoms. The van der Waals surface area contributed by atoms with Crippen molar-refractivity contribution in [3.63, 3.8) is 0 Å². The second kappa shape index (κ2) is 6.03. The molecule has 1 N–H and O–H groups in total. The van der Waals surface area contributed by atoms with Gasteiger partial charge in [0.15, 0.2) is 5.82 Å². The van der Waals surface area contributed by atoms with Gasteiger partial charge in [-0.2, -0.15) is 0 Å². The number of carboxylic acids is 1. The molecule has 6 heteroatoms. The van der Waals surface area contributed by atoms with E-state index in [0.717, 1.165) is 11.4 Å². The third-order valence-electron chi connectivity index (χ3n) is 3.59. The lowest BCUT2D eigenvalue weighted by Gasteiger charge is -2.24.